The van der Waals surface area contributed by atoms with Crippen LogP contribution in [0.3, 0.4) is 0 Å². The Morgan fingerprint density at radius 1 is 1.31 bits per heavy atom. The number of hydrogen-bond acceptors (Lipinski definition) is 1. The molecule has 0 aliphatic carbocycles. The summed E-state index contributed by atoms with van der Waals surface area (Å²) in [6, 6.07) is 8.49. The minimum absolute atomic E-state index is 0.578. The Hall–Kier alpha value is -1.28. The van der Waals surface area contributed by atoms with Gasteiger partial charge in [-0.1, -0.05) is 32.0 Å². The number of aromatic nitrogens is 1. The van der Waals surface area contributed by atoms with Gasteiger partial charge < -0.3 is 10.7 Å². The molecule has 2 aromatic rings. The molecule has 2 rings (SSSR count). The van der Waals surface area contributed by atoms with Crippen molar-refractivity contribution in [2.24, 2.45) is 5.73 Å². The number of nitrogens with two attached hydrogens (primary N) is 1. The lowest BCUT2D eigenvalue weighted by Crippen LogP contribution is -2.05. The van der Waals surface area contributed by atoms with E-state index in [1.165, 1.54) is 22.2 Å². The minimum atomic E-state index is 0.578. The Balaban J connectivity index is 2.58. The molecule has 0 saturated carbocycles. The first kappa shape index (κ1) is 11.2. The van der Waals surface area contributed by atoms with Crippen molar-refractivity contribution >= 4 is 10.9 Å². The number of benzene rings is 1. The number of aromatic amines is 1. The molecule has 0 spiro atoms. The molecule has 0 saturated heterocycles. The number of para-hydroxylation sites is 1. The van der Waals surface area contributed by atoms with Crippen LogP contribution in [0, 0.1) is 0 Å². The van der Waals surface area contributed by atoms with E-state index in [0.717, 1.165) is 12.8 Å². The van der Waals surface area contributed by atoms with Crippen LogP contribution in [0.4, 0.5) is 0 Å². The Morgan fingerprint density at radius 3 is 2.75 bits per heavy atom. The van der Waals surface area contributed by atoms with Gasteiger partial charge in [0, 0.05) is 16.6 Å². The van der Waals surface area contributed by atoms with E-state index in [9.17, 15) is 0 Å². The molecule has 16 heavy (non-hydrogen) atoms. The van der Waals surface area contributed by atoms with Crippen molar-refractivity contribution in [1.29, 1.82) is 0 Å². The Kier molecular flexibility index (Phi) is 3.30. The molecule has 2 heteroatoms. The molecule has 0 fully saturated rings. The molecule has 0 aliphatic rings. The van der Waals surface area contributed by atoms with Gasteiger partial charge >= 0.3 is 0 Å². The molecule has 86 valence electrons. The standard InChI is InChI=1S/C14H20N2/c1-3-10(2)14-12(8-9-15)11-6-4-5-7-13(11)16-14/h4-7,10,16H,3,8-9,15H2,1-2H3/t10-/m1/s1. The average Bonchev–Trinajstić information content (AvgIpc) is 2.68. The van der Waals surface area contributed by atoms with Crippen molar-refractivity contribution in [2.75, 3.05) is 6.54 Å². The van der Waals surface area contributed by atoms with Gasteiger partial charge in [-0.05, 0) is 36.9 Å². The Morgan fingerprint density at radius 2 is 2.06 bits per heavy atom. The summed E-state index contributed by atoms with van der Waals surface area (Å²) in [6.45, 7) is 5.21. The number of rotatable bonds is 4. The maximum absolute atomic E-state index is 5.71. The largest absolute Gasteiger partial charge is 0.358 e. The van der Waals surface area contributed by atoms with E-state index in [2.05, 4.69) is 43.1 Å². The minimum Gasteiger partial charge on any atom is -0.358 e. The predicted octanol–water partition coefficient (Wildman–Crippen LogP) is 3.18. The van der Waals surface area contributed by atoms with Gasteiger partial charge in [0.05, 0.1) is 0 Å². The zero-order valence-corrected chi connectivity index (χ0v) is 10.1. The molecule has 0 radical (unpaired) electrons. The summed E-state index contributed by atoms with van der Waals surface area (Å²) < 4.78 is 0. The highest BCUT2D eigenvalue weighted by molar-refractivity contribution is 5.84. The summed E-state index contributed by atoms with van der Waals surface area (Å²) in [7, 11) is 0. The van der Waals surface area contributed by atoms with Gasteiger partial charge in [0.15, 0.2) is 0 Å². The molecule has 0 bridgehead atoms. The maximum atomic E-state index is 5.71. The van der Waals surface area contributed by atoms with Gasteiger partial charge in [0.25, 0.3) is 0 Å². The number of H-pyrrole nitrogens is 1. The van der Waals surface area contributed by atoms with Crippen molar-refractivity contribution in [1.82, 2.24) is 4.98 Å². The molecular formula is C14H20N2. The summed E-state index contributed by atoms with van der Waals surface area (Å²) in [5.41, 5.74) is 9.72. The van der Waals surface area contributed by atoms with Gasteiger partial charge in [-0.25, -0.2) is 0 Å². The molecular weight excluding hydrogens is 196 g/mol. The molecule has 0 aliphatic heterocycles. The molecule has 1 atom stereocenters. The van der Waals surface area contributed by atoms with Gasteiger partial charge in [-0.15, -0.1) is 0 Å². The van der Waals surface area contributed by atoms with Crippen molar-refractivity contribution in [3.05, 3.63) is 35.5 Å². The zero-order chi connectivity index (χ0) is 11.5. The van der Waals surface area contributed by atoms with Crippen molar-refractivity contribution in [3.63, 3.8) is 0 Å². The molecule has 3 N–H and O–H groups in total. The van der Waals surface area contributed by atoms with E-state index in [1.807, 2.05) is 0 Å². The maximum Gasteiger partial charge on any atom is 0.0459 e. The first-order chi connectivity index (χ1) is 7.77. The second kappa shape index (κ2) is 4.71. The fourth-order valence-electron chi connectivity index (χ4n) is 2.26. The van der Waals surface area contributed by atoms with Crippen molar-refractivity contribution < 1.29 is 0 Å². The topological polar surface area (TPSA) is 41.8 Å². The molecule has 1 aromatic heterocycles. The van der Waals surface area contributed by atoms with E-state index in [-0.39, 0.29) is 0 Å². The van der Waals surface area contributed by atoms with E-state index in [4.69, 9.17) is 5.73 Å². The predicted molar refractivity (Wildman–Crippen MR) is 69.8 cm³/mol. The van der Waals surface area contributed by atoms with E-state index < -0.39 is 0 Å². The highest BCUT2D eigenvalue weighted by atomic mass is 14.7. The highest BCUT2D eigenvalue weighted by Crippen LogP contribution is 2.29. The first-order valence-corrected chi connectivity index (χ1v) is 6.07. The SMILES string of the molecule is CC[C@@H](C)c1[nH]c2ccccc2c1CCN. The molecule has 1 aromatic carbocycles. The van der Waals surface area contributed by atoms with Crippen LogP contribution in [-0.2, 0) is 6.42 Å². The lowest BCUT2D eigenvalue weighted by Gasteiger charge is -2.09. The van der Waals surface area contributed by atoms with Crippen LogP contribution in [0.1, 0.15) is 37.4 Å². The van der Waals surface area contributed by atoms with E-state index >= 15 is 0 Å². The van der Waals surface area contributed by atoms with Crippen LogP contribution in [0.15, 0.2) is 24.3 Å². The molecule has 0 unspecified atom stereocenters. The van der Waals surface area contributed by atoms with Crippen LogP contribution < -0.4 is 5.73 Å². The number of fused-ring (bicyclic) bond motifs is 1. The lowest BCUT2D eigenvalue weighted by atomic mass is 9.98. The van der Waals surface area contributed by atoms with E-state index in [0.29, 0.717) is 12.5 Å². The summed E-state index contributed by atoms with van der Waals surface area (Å²) in [5, 5.41) is 1.34. The van der Waals surface area contributed by atoms with Crippen LogP contribution in [0.2, 0.25) is 0 Å². The number of nitrogens with one attached hydrogen (secondary N) is 1. The van der Waals surface area contributed by atoms with Crippen LogP contribution in [0.5, 0.6) is 0 Å². The quantitative estimate of drug-likeness (QED) is 0.809. The first-order valence-electron chi connectivity index (χ1n) is 6.07. The Labute approximate surface area is 96.9 Å². The summed E-state index contributed by atoms with van der Waals surface area (Å²) >= 11 is 0. The van der Waals surface area contributed by atoms with Gasteiger partial charge in [-0.2, -0.15) is 0 Å². The second-order valence-corrected chi connectivity index (χ2v) is 4.41. The van der Waals surface area contributed by atoms with Crippen LogP contribution in [-0.4, -0.2) is 11.5 Å². The molecule has 1 heterocycles. The third kappa shape index (κ3) is 1.85. The Bertz CT molecular complexity index is 471. The zero-order valence-electron chi connectivity index (χ0n) is 10.1. The fraction of sp³-hybridized carbons (Fsp3) is 0.429. The average molecular weight is 216 g/mol. The summed E-state index contributed by atoms with van der Waals surface area (Å²) in [6.07, 6.45) is 2.12. The second-order valence-electron chi connectivity index (χ2n) is 4.41. The number of hydrogen-bond donors (Lipinski definition) is 2. The van der Waals surface area contributed by atoms with Gasteiger partial charge in [-0.3, -0.25) is 0 Å². The lowest BCUT2D eigenvalue weighted by molar-refractivity contribution is 0.704. The molecule has 0 amide bonds. The van der Waals surface area contributed by atoms with Gasteiger partial charge in [0.2, 0.25) is 0 Å². The van der Waals surface area contributed by atoms with Crippen LogP contribution in [0.25, 0.3) is 10.9 Å². The third-order valence-electron chi connectivity index (χ3n) is 3.35. The van der Waals surface area contributed by atoms with Gasteiger partial charge in [0.1, 0.15) is 0 Å². The fourth-order valence-corrected chi connectivity index (χ4v) is 2.26. The van der Waals surface area contributed by atoms with Crippen LogP contribution >= 0.6 is 0 Å². The smallest absolute Gasteiger partial charge is 0.0459 e. The summed E-state index contributed by atoms with van der Waals surface area (Å²) in [5.74, 6) is 0.578. The third-order valence-corrected chi connectivity index (χ3v) is 3.35. The van der Waals surface area contributed by atoms with Crippen molar-refractivity contribution in [2.45, 2.75) is 32.6 Å². The highest BCUT2D eigenvalue weighted by Gasteiger charge is 2.14. The molecule has 2 nitrogen and oxygen atoms in total. The monoisotopic (exact) mass is 216 g/mol. The van der Waals surface area contributed by atoms with Crippen molar-refractivity contribution in [3.8, 4) is 0 Å². The van der Waals surface area contributed by atoms with E-state index in [1.54, 1.807) is 0 Å². The normalized spacial score (nSPS) is 13.2. The summed E-state index contributed by atoms with van der Waals surface area (Å²) in [4.78, 5) is 3.54.